The number of halogens is 1. The first-order valence-electron chi connectivity index (χ1n) is 7.78. The molecule has 0 aliphatic rings. The maximum atomic E-state index is 9.45. The van der Waals surface area contributed by atoms with E-state index < -0.39 is 0 Å². The molecule has 4 rings (SSSR count). The van der Waals surface area contributed by atoms with Crippen molar-refractivity contribution in [2.24, 2.45) is 0 Å². The molecule has 0 atom stereocenters. The van der Waals surface area contributed by atoms with Gasteiger partial charge in [-0.1, -0.05) is 23.7 Å². The van der Waals surface area contributed by atoms with Gasteiger partial charge in [-0.15, -0.1) is 0 Å². The van der Waals surface area contributed by atoms with Crippen molar-refractivity contribution in [3.63, 3.8) is 0 Å². The van der Waals surface area contributed by atoms with Crippen molar-refractivity contribution >= 4 is 34.1 Å². The lowest BCUT2D eigenvalue weighted by Crippen LogP contribution is -1.98. The summed E-state index contributed by atoms with van der Waals surface area (Å²) in [5.41, 5.74) is 3.43. The van der Waals surface area contributed by atoms with E-state index in [0.29, 0.717) is 16.7 Å². The number of rotatable bonds is 3. The van der Waals surface area contributed by atoms with Crippen molar-refractivity contribution < 1.29 is 5.11 Å². The molecule has 0 fully saturated rings. The van der Waals surface area contributed by atoms with Crippen LogP contribution < -0.4 is 5.32 Å². The highest BCUT2D eigenvalue weighted by Crippen LogP contribution is 2.29. The van der Waals surface area contributed by atoms with Gasteiger partial charge >= 0.3 is 0 Å². The summed E-state index contributed by atoms with van der Waals surface area (Å²) >= 11 is 6.10. The quantitative estimate of drug-likeness (QED) is 0.453. The van der Waals surface area contributed by atoms with Crippen LogP contribution in [0.15, 0.2) is 54.6 Å². The number of anilines is 2. The molecule has 0 amide bonds. The molecule has 0 radical (unpaired) electrons. The predicted octanol–water partition coefficient (Wildman–Crippen LogP) is 5.04. The smallest absolute Gasteiger partial charge is 0.163 e. The summed E-state index contributed by atoms with van der Waals surface area (Å²) in [6.07, 6.45) is 0. The van der Waals surface area contributed by atoms with Crippen molar-refractivity contribution in [2.45, 2.75) is 6.92 Å². The minimum absolute atomic E-state index is 0.218. The topological polar surface area (TPSA) is 73.8 Å². The number of aromatic nitrogens is 3. The molecule has 0 saturated heterocycles. The molecule has 0 aliphatic heterocycles. The Morgan fingerprint density at radius 3 is 2.60 bits per heavy atom. The summed E-state index contributed by atoms with van der Waals surface area (Å²) < 4.78 is 0. The minimum atomic E-state index is 0.218. The molecular weight excluding hydrogens is 336 g/mol. The van der Waals surface area contributed by atoms with Crippen LogP contribution in [0.5, 0.6) is 5.75 Å². The van der Waals surface area contributed by atoms with Crippen LogP contribution in [-0.4, -0.2) is 20.1 Å². The van der Waals surface area contributed by atoms with Crippen molar-refractivity contribution in [3.8, 4) is 17.1 Å². The molecule has 0 aliphatic carbocycles. The highest BCUT2D eigenvalue weighted by molar-refractivity contribution is 6.30. The molecule has 4 aromatic rings. The van der Waals surface area contributed by atoms with Gasteiger partial charge in [0.15, 0.2) is 5.82 Å². The fourth-order valence-corrected chi connectivity index (χ4v) is 2.86. The van der Waals surface area contributed by atoms with Gasteiger partial charge in [0.25, 0.3) is 0 Å². The van der Waals surface area contributed by atoms with E-state index in [2.05, 4.69) is 20.3 Å². The van der Waals surface area contributed by atoms with Crippen molar-refractivity contribution in [2.75, 3.05) is 5.32 Å². The summed E-state index contributed by atoms with van der Waals surface area (Å²) in [5, 5.41) is 14.3. The van der Waals surface area contributed by atoms with Gasteiger partial charge in [0.2, 0.25) is 0 Å². The second-order valence-corrected chi connectivity index (χ2v) is 6.23. The Morgan fingerprint density at radius 2 is 1.84 bits per heavy atom. The first-order valence-corrected chi connectivity index (χ1v) is 8.16. The van der Waals surface area contributed by atoms with Crippen molar-refractivity contribution in [1.29, 1.82) is 0 Å². The third-order valence-corrected chi connectivity index (χ3v) is 4.07. The van der Waals surface area contributed by atoms with E-state index in [-0.39, 0.29) is 5.75 Å². The van der Waals surface area contributed by atoms with Gasteiger partial charge in [-0.05, 0) is 49.4 Å². The fourth-order valence-electron chi connectivity index (χ4n) is 2.67. The van der Waals surface area contributed by atoms with Gasteiger partial charge in [0, 0.05) is 22.0 Å². The van der Waals surface area contributed by atoms with Gasteiger partial charge in [0.1, 0.15) is 17.2 Å². The molecule has 5 nitrogen and oxygen atoms in total. The van der Waals surface area contributed by atoms with Crippen LogP contribution in [-0.2, 0) is 0 Å². The van der Waals surface area contributed by atoms with E-state index in [1.807, 2.05) is 37.3 Å². The maximum absolute atomic E-state index is 9.45. The van der Waals surface area contributed by atoms with Crippen LogP contribution in [0.3, 0.4) is 0 Å². The summed E-state index contributed by atoms with van der Waals surface area (Å²) in [5.74, 6) is 1.49. The lowest BCUT2D eigenvalue weighted by atomic mass is 10.2. The molecular formula is C19H15ClN4O. The van der Waals surface area contributed by atoms with Gasteiger partial charge in [0.05, 0.1) is 5.39 Å². The Kier molecular flexibility index (Phi) is 3.78. The Bertz CT molecular complexity index is 1060. The average Bonchev–Trinajstić information content (AvgIpc) is 2.97. The molecule has 0 bridgehead atoms. The SMILES string of the molecule is Cc1cc2c(Nc3ccc(O)cc3)nc(-c3cccc(Cl)c3)nc2[nH]1. The molecule has 124 valence electrons. The van der Waals surface area contributed by atoms with Crippen LogP contribution in [0.4, 0.5) is 11.5 Å². The number of nitrogens with one attached hydrogen (secondary N) is 2. The standard InChI is InChI=1S/C19H15ClN4O/c1-11-9-16-18(21-11)23-17(12-3-2-4-13(20)10-12)24-19(16)22-14-5-7-15(25)8-6-14/h2-10,25H,1H3,(H2,21,22,23,24). The van der Waals surface area contributed by atoms with Crippen LogP contribution in [0, 0.1) is 6.92 Å². The summed E-state index contributed by atoms with van der Waals surface area (Å²) in [6.45, 7) is 1.98. The zero-order chi connectivity index (χ0) is 17.4. The average molecular weight is 351 g/mol. The maximum Gasteiger partial charge on any atom is 0.163 e. The van der Waals surface area contributed by atoms with E-state index in [1.165, 1.54) is 0 Å². The molecule has 2 heterocycles. The van der Waals surface area contributed by atoms with Crippen LogP contribution in [0.1, 0.15) is 5.69 Å². The first-order chi connectivity index (χ1) is 12.1. The molecule has 3 N–H and O–H groups in total. The van der Waals surface area contributed by atoms with Gasteiger partial charge < -0.3 is 15.4 Å². The zero-order valence-corrected chi connectivity index (χ0v) is 14.2. The van der Waals surface area contributed by atoms with Gasteiger partial charge in [-0.2, -0.15) is 0 Å². The highest BCUT2D eigenvalue weighted by atomic mass is 35.5. The van der Waals surface area contributed by atoms with Gasteiger partial charge in [-0.3, -0.25) is 0 Å². The van der Waals surface area contributed by atoms with Crippen LogP contribution >= 0.6 is 11.6 Å². The molecule has 6 heteroatoms. The third kappa shape index (κ3) is 3.14. The van der Waals surface area contributed by atoms with E-state index in [9.17, 15) is 5.11 Å². The number of phenols is 1. The van der Waals surface area contributed by atoms with Crippen LogP contribution in [0.2, 0.25) is 5.02 Å². The number of aromatic amines is 1. The summed E-state index contributed by atoms with van der Waals surface area (Å²) in [6, 6.07) is 16.3. The molecule has 25 heavy (non-hydrogen) atoms. The highest BCUT2D eigenvalue weighted by Gasteiger charge is 2.12. The van der Waals surface area contributed by atoms with Crippen LogP contribution in [0.25, 0.3) is 22.4 Å². The fraction of sp³-hybridized carbons (Fsp3) is 0.0526. The number of aromatic hydroxyl groups is 1. The molecule has 2 aromatic carbocycles. The molecule has 0 spiro atoms. The van der Waals surface area contributed by atoms with Crippen molar-refractivity contribution in [3.05, 3.63) is 65.3 Å². The Morgan fingerprint density at radius 1 is 1.04 bits per heavy atom. The minimum Gasteiger partial charge on any atom is -0.508 e. The lowest BCUT2D eigenvalue weighted by molar-refractivity contribution is 0.475. The van der Waals surface area contributed by atoms with E-state index >= 15 is 0 Å². The normalized spacial score (nSPS) is 11.0. The summed E-state index contributed by atoms with van der Waals surface area (Å²) in [4.78, 5) is 12.6. The predicted molar refractivity (Wildman–Crippen MR) is 100 cm³/mol. The second kappa shape index (κ2) is 6.11. The van der Waals surface area contributed by atoms with Gasteiger partial charge in [-0.25, -0.2) is 9.97 Å². The summed E-state index contributed by atoms with van der Waals surface area (Å²) in [7, 11) is 0. The third-order valence-electron chi connectivity index (χ3n) is 3.83. The second-order valence-electron chi connectivity index (χ2n) is 5.79. The number of hydrogen-bond acceptors (Lipinski definition) is 4. The first kappa shape index (κ1) is 15.5. The number of benzene rings is 2. The monoisotopic (exact) mass is 350 g/mol. The number of hydrogen-bond donors (Lipinski definition) is 3. The zero-order valence-electron chi connectivity index (χ0n) is 13.4. The molecule has 2 aromatic heterocycles. The Hall–Kier alpha value is -3.05. The Labute approximate surface area is 149 Å². The number of nitrogens with zero attached hydrogens (tertiary/aromatic N) is 2. The molecule has 0 saturated carbocycles. The number of H-pyrrole nitrogens is 1. The largest absolute Gasteiger partial charge is 0.508 e. The van der Waals surface area contributed by atoms with E-state index in [1.54, 1.807) is 24.3 Å². The number of phenolic OH excluding ortho intramolecular Hbond substituents is 1. The number of fused-ring (bicyclic) bond motifs is 1. The lowest BCUT2D eigenvalue weighted by Gasteiger charge is -2.09. The Balaban J connectivity index is 1.85. The van der Waals surface area contributed by atoms with E-state index in [4.69, 9.17) is 11.6 Å². The molecule has 0 unspecified atom stereocenters. The van der Waals surface area contributed by atoms with Crippen molar-refractivity contribution in [1.82, 2.24) is 15.0 Å². The number of aryl methyl sites for hydroxylation is 1. The van der Waals surface area contributed by atoms with E-state index in [0.717, 1.165) is 28.0 Å².